The topological polar surface area (TPSA) is 61.4 Å². The van der Waals surface area contributed by atoms with Gasteiger partial charge in [0.2, 0.25) is 11.8 Å². The highest BCUT2D eigenvalue weighted by Gasteiger charge is 2.22. The highest BCUT2D eigenvalue weighted by Crippen LogP contribution is 2.11. The molecule has 1 heterocycles. The molecule has 0 saturated carbocycles. The van der Waals surface area contributed by atoms with E-state index >= 15 is 0 Å². The Morgan fingerprint density at radius 3 is 2.45 bits per heavy atom. The first-order valence-corrected chi connectivity index (χ1v) is 8.86. The van der Waals surface area contributed by atoms with E-state index in [2.05, 4.69) is 31.4 Å². The van der Waals surface area contributed by atoms with Gasteiger partial charge in [0.05, 0.1) is 0 Å². The maximum absolute atomic E-state index is 12.1. The Labute approximate surface area is 135 Å². The minimum absolute atomic E-state index is 0.0871. The lowest BCUT2D eigenvalue weighted by Crippen LogP contribution is -2.48. The molecule has 0 aliphatic carbocycles. The number of rotatable bonds is 9. The van der Waals surface area contributed by atoms with E-state index in [1.54, 1.807) is 0 Å². The number of nitrogens with one attached hydrogen (secondary N) is 2. The summed E-state index contributed by atoms with van der Waals surface area (Å²) >= 11 is 0. The minimum Gasteiger partial charge on any atom is -0.353 e. The van der Waals surface area contributed by atoms with Crippen molar-refractivity contribution in [1.82, 2.24) is 15.5 Å². The molecule has 5 heteroatoms. The average molecular weight is 311 g/mol. The smallest absolute Gasteiger partial charge is 0.222 e. The van der Waals surface area contributed by atoms with E-state index in [1.165, 1.54) is 0 Å². The van der Waals surface area contributed by atoms with E-state index in [1.807, 2.05) is 4.90 Å². The summed E-state index contributed by atoms with van der Waals surface area (Å²) in [4.78, 5) is 26.1. The van der Waals surface area contributed by atoms with Crippen LogP contribution in [0.2, 0.25) is 0 Å². The van der Waals surface area contributed by atoms with Gasteiger partial charge in [-0.15, -0.1) is 0 Å². The third-order valence-corrected chi connectivity index (χ3v) is 4.27. The lowest BCUT2D eigenvalue weighted by atomic mass is 9.95. The van der Waals surface area contributed by atoms with Crippen molar-refractivity contribution >= 4 is 11.8 Å². The third kappa shape index (κ3) is 6.77. The maximum Gasteiger partial charge on any atom is 0.222 e. The summed E-state index contributed by atoms with van der Waals surface area (Å²) in [7, 11) is 0. The van der Waals surface area contributed by atoms with E-state index in [0.29, 0.717) is 25.2 Å². The molecule has 2 unspecified atom stereocenters. The Balaban J connectivity index is 2.24. The van der Waals surface area contributed by atoms with Crippen LogP contribution < -0.4 is 10.6 Å². The molecule has 1 aliphatic rings. The van der Waals surface area contributed by atoms with Crippen LogP contribution in [0.15, 0.2) is 0 Å². The molecule has 2 N–H and O–H groups in total. The van der Waals surface area contributed by atoms with Gasteiger partial charge in [-0.1, -0.05) is 20.8 Å². The van der Waals surface area contributed by atoms with E-state index in [-0.39, 0.29) is 17.9 Å². The van der Waals surface area contributed by atoms with Crippen LogP contribution in [0.1, 0.15) is 59.3 Å². The third-order valence-electron chi connectivity index (χ3n) is 4.27. The fraction of sp³-hybridized carbons (Fsp3) is 0.882. The maximum atomic E-state index is 12.1. The standard InChI is InChI=1S/C17H33N3O2/c1-4-11-20(12-5-2)17(22)8-6-7-16(21)19-15-9-10-18-13-14(15)3/h14-15,18H,4-13H2,1-3H3,(H,19,21). The molecular weight excluding hydrogens is 278 g/mol. The van der Waals surface area contributed by atoms with Crippen molar-refractivity contribution < 1.29 is 9.59 Å². The predicted molar refractivity (Wildman–Crippen MR) is 89.6 cm³/mol. The Bertz CT molecular complexity index is 341. The van der Waals surface area contributed by atoms with Gasteiger partial charge in [0.1, 0.15) is 0 Å². The molecule has 0 aromatic heterocycles. The van der Waals surface area contributed by atoms with Gasteiger partial charge in [-0.3, -0.25) is 9.59 Å². The molecule has 5 nitrogen and oxygen atoms in total. The minimum atomic E-state index is 0.0871. The molecule has 128 valence electrons. The SMILES string of the molecule is CCCN(CCC)C(=O)CCCC(=O)NC1CCNCC1C. The van der Waals surface area contributed by atoms with Crippen LogP contribution in [0.5, 0.6) is 0 Å². The second-order valence-corrected chi connectivity index (χ2v) is 6.38. The van der Waals surface area contributed by atoms with E-state index in [9.17, 15) is 9.59 Å². The van der Waals surface area contributed by atoms with E-state index in [0.717, 1.165) is 45.4 Å². The summed E-state index contributed by atoms with van der Waals surface area (Å²) in [5, 5.41) is 6.45. The number of nitrogens with zero attached hydrogens (tertiary/aromatic N) is 1. The fourth-order valence-electron chi connectivity index (χ4n) is 2.97. The molecule has 0 radical (unpaired) electrons. The zero-order chi connectivity index (χ0) is 16.4. The lowest BCUT2D eigenvalue weighted by molar-refractivity contribution is -0.131. The first-order valence-electron chi connectivity index (χ1n) is 8.86. The quantitative estimate of drug-likeness (QED) is 0.684. The van der Waals surface area contributed by atoms with Gasteiger partial charge >= 0.3 is 0 Å². The number of hydrogen-bond donors (Lipinski definition) is 2. The van der Waals surface area contributed by atoms with Crippen molar-refractivity contribution in [2.24, 2.45) is 5.92 Å². The average Bonchev–Trinajstić information content (AvgIpc) is 2.49. The van der Waals surface area contributed by atoms with Gasteiger partial charge in [0, 0.05) is 32.0 Å². The highest BCUT2D eigenvalue weighted by atomic mass is 16.2. The fourth-order valence-corrected chi connectivity index (χ4v) is 2.97. The number of carbonyl (C=O) groups is 2. The summed E-state index contributed by atoms with van der Waals surface area (Å²) in [6.07, 6.45) is 4.55. The molecule has 1 aliphatic heterocycles. The first kappa shape index (κ1) is 18.9. The zero-order valence-electron chi connectivity index (χ0n) is 14.5. The van der Waals surface area contributed by atoms with Gasteiger partial charge in [-0.25, -0.2) is 0 Å². The van der Waals surface area contributed by atoms with Crippen LogP contribution in [0, 0.1) is 5.92 Å². The number of carbonyl (C=O) groups excluding carboxylic acids is 2. The molecule has 2 atom stereocenters. The summed E-state index contributed by atoms with van der Waals surface area (Å²) < 4.78 is 0. The van der Waals surface area contributed by atoms with Crippen LogP contribution in [0.3, 0.4) is 0 Å². The van der Waals surface area contributed by atoms with Crippen LogP contribution in [-0.4, -0.2) is 48.9 Å². The lowest BCUT2D eigenvalue weighted by Gasteiger charge is -2.30. The van der Waals surface area contributed by atoms with Crippen molar-refractivity contribution in [3.8, 4) is 0 Å². The summed E-state index contributed by atoms with van der Waals surface area (Å²) in [5.74, 6) is 0.750. The molecule has 0 bridgehead atoms. The number of amides is 2. The van der Waals surface area contributed by atoms with Gasteiger partial charge < -0.3 is 15.5 Å². The molecular formula is C17H33N3O2. The van der Waals surface area contributed by atoms with Crippen LogP contribution in [0.25, 0.3) is 0 Å². The number of hydrogen-bond acceptors (Lipinski definition) is 3. The second-order valence-electron chi connectivity index (χ2n) is 6.38. The molecule has 1 rings (SSSR count). The molecule has 0 spiro atoms. The van der Waals surface area contributed by atoms with Crippen molar-refractivity contribution in [2.75, 3.05) is 26.2 Å². The summed E-state index contributed by atoms with van der Waals surface area (Å²) in [5.41, 5.74) is 0. The van der Waals surface area contributed by atoms with Crippen molar-refractivity contribution in [3.05, 3.63) is 0 Å². The van der Waals surface area contributed by atoms with Gasteiger partial charge in [0.15, 0.2) is 0 Å². The van der Waals surface area contributed by atoms with Crippen LogP contribution >= 0.6 is 0 Å². The Morgan fingerprint density at radius 2 is 1.86 bits per heavy atom. The van der Waals surface area contributed by atoms with Gasteiger partial charge in [0.25, 0.3) is 0 Å². The molecule has 22 heavy (non-hydrogen) atoms. The number of piperidine rings is 1. The van der Waals surface area contributed by atoms with E-state index in [4.69, 9.17) is 0 Å². The van der Waals surface area contributed by atoms with Gasteiger partial charge in [-0.05, 0) is 44.7 Å². The molecule has 1 fully saturated rings. The largest absolute Gasteiger partial charge is 0.353 e. The first-order chi connectivity index (χ1) is 10.6. The van der Waals surface area contributed by atoms with Gasteiger partial charge in [-0.2, -0.15) is 0 Å². The summed E-state index contributed by atoms with van der Waals surface area (Å²) in [6.45, 7) is 9.92. The van der Waals surface area contributed by atoms with E-state index < -0.39 is 0 Å². The van der Waals surface area contributed by atoms with Crippen LogP contribution in [0.4, 0.5) is 0 Å². The Hall–Kier alpha value is -1.10. The highest BCUT2D eigenvalue weighted by molar-refractivity contribution is 5.79. The Morgan fingerprint density at radius 1 is 1.18 bits per heavy atom. The zero-order valence-corrected chi connectivity index (χ0v) is 14.5. The summed E-state index contributed by atoms with van der Waals surface area (Å²) in [6, 6.07) is 0.279. The monoisotopic (exact) mass is 311 g/mol. The van der Waals surface area contributed by atoms with Crippen molar-refractivity contribution in [2.45, 2.75) is 65.3 Å². The Kier molecular flexibility index (Phi) is 9.13. The molecule has 0 aromatic rings. The normalized spacial score (nSPS) is 21.4. The van der Waals surface area contributed by atoms with Crippen molar-refractivity contribution in [1.29, 1.82) is 0 Å². The predicted octanol–water partition coefficient (Wildman–Crippen LogP) is 1.92. The molecule has 1 saturated heterocycles. The molecule has 2 amide bonds. The second kappa shape index (κ2) is 10.6. The van der Waals surface area contributed by atoms with Crippen LogP contribution in [-0.2, 0) is 9.59 Å². The molecule has 0 aromatic carbocycles. The van der Waals surface area contributed by atoms with Crippen molar-refractivity contribution in [3.63, 3.8) is 0 Å².